The van der Waals surface area contributed by atoms with Gasteiger partial charge in [-0.15, -0.1) is 11.3 Å². The molecule has 27 heavy (non-hydrogen) atoms. The number of aromatic nitrogens is 1. The number of benzene rings is 1. The number of hydrogen-bond donors (Lipinski definition) is 2. The highest BCUT2D eigenvalue weighted by molar-refractivity contribution is 7.14. The Morgan fingerprint density at radius 3 is 2.70 bits per heavy atom. The van der Waals surface area contributed by atoms with Crippen molar-refractivity contribution in [1.29, 1.82) is 0 Å². The van der Waals surface area contributed by atoms with Gasteiger partial charge < -0.3 is 5.32 Å². The van der Waals surface area contributed by atoms with E-state index in [0.717, 1.165) is 49.4 Å². The van der Waals surface area contributed by atoms with E-state index < -0.39 is 17.5 Å². The number of hydrogen-bond acceptors (Lipinski definition) is 5. The lowest BCUT2D eigenvalue weighted by molar-refractivity contribution is 0.0936. The van der Waals surface area contributed by atoms with Gasteiger partial charge in [-0.1, -0.05) is 6.92 Å². The van der Waals surface area contributed by atoms with Crippen LogP contribution in [0.2, 0.25) is 0 Å². The highest BCUT2D eigenvalue weighted by Gasteiger charge is 2.23. The summed E-state index contributed by atoms with van der Waals surface area (Å²) in [5.74, 6) is -2.69. The summed E-state index contributed by atoms with van der Waals surface area (Å²) < 4.78 is 26.4. The van der Waals surface area contributed by atoms with E-state index in [2.05, 4.69) is 27.4 Å². The highest BCUT2D eigenvalue weighted by atomic mass is 32.1. The van der Waals surface area contributed by atoms with Crippen molar-refractivity contribution in [3.63, 3.8) is 0 Å². The Balaban J connectivity index is 1.57. The third kappa shape index (κ3) is 4.86. The molecule has 1 aromatic carbocycles. The molecular weight excluding hydrogens is 374 g/mol. The van der Waals surface area contributed by atoms with Crippen molar-refractivity contribution in [2.45, 2.75) is 25.8 Å². The molecule has 9 heteroatoms. The van der Waals surface area contributed by atoms with Crippen molar-refractivity contribution < 1.29 is 18.4 Å². The van der Waals surface area contributed by atoms with Crippen molar-refractivity contribution in [3.05, 3.63) is 46.5 Å². The molecule has 1 saturated heterocycles. The maximum absolute atomic E-state index is 13.2. The molecule has 1 atom stereocenters. The van der Waals surface area contributed by atoms with E-state index in [1.165, 1.54) is 5.38 Å². The van der Waals surface area contributed by atoms with Gasteiger partial charge in [-0.25, -0.2) is 13.8 Å². The average molecular weight is 394 g/mol. The molecule has 2 N–H and O–H groups in total. The van der Waals surface area contributed by atoms with Crippen molar-refractivity contribution in [1.82, 2.24) is 15.2 Å². The van der Waals surface area contributed by atoms with Gasteiger partial charge in [0, 0.05) is 29.6 Å². The molecule has 2 aromatic rings. The first-order valence-electron chi connectivity index (χ1n) is 8.71. The number of amides is 2. The van der Waals surface area contributed by atoms with Crippen LogP contribution in [0.1, 0.15) is 40.6 Å². The van der Waals surface area contributed by atoms with Crippen LogP contribution in [0.15, 0.2) is 23.6 Å². The third-order valence-electron chi connectivity index (χ3n) is 4.49. The molecule has 144 valence electrons. The second kappa shape index (κ2) is 8.53. The summed E-state index contributed by atoms with van der Waals surface area (Å²) in [4.78, 5) is 30.7. The van der Waals surface area contributed by atoms with Crippen molar-refractivity contribution in [3.8, 4) is 0 Å². The summed E-state index contributed by atoms with van der Waals surface area (Å²) in [6, 6.07) is 2.88. The van der Waals surface area contributed by atoms with Crippen LogP contribution in [0.4, 0.5) is 13.9 Å². The zero-order chi connectivity index (χ0) is 19.4. The van der Waals surface area contributed by atoms with Gasteiger partial charge in [0.05, 0.1) is 0 Å². The van der Waals surface area contributed by atoms with Crippen molar-refractivity contribution in [2.24, 2.45) is 0 Å². The minimum absolute atomic E-state index is 0.158. The number of carbonyl (C=O) groups is 2. The van der Waals surface area contributed by atoms with Crippen LogP contribution < -0.4 is 10.6 Å². The first-order chi connectivity index (χ1) is 13.0. The fourth-order valence-corrected chi connectivity index (χ4v) is 3.82. The topological polar surface area (TPSA) is 74.3 Å². The molecule has 1 aliphatic heterocycles. The lowest BCUT2D eigenvalue weighted by Crippen LogP contribution is -2.40. The number of likely N-dealkylation sites (N-methyl/N-ethyl adjacent to an activating group) is 1. The van der Waals surface area contributed by atoms with Gasteiger partial charge in [-0.05, 0) is 38.1 Å². The summed E-state index contributed by atoms with van der Waals surface area (Å²) in [6.07, 6.45) is 2.18. The molecular formula is C18H20F2N4O2S. The Kier molecular flexibility index (Phi) is 6.12. The summed E-state index contributed by atoms with van der Waals surface area (Å²) in [5, 5.41) is 7.04. The van der Waals surface area contributed by atoms with Crippen LogP contribution in [0.25, 0.3) is 0 Å². The molecule has 1 aliphatic rings. The fourth-order valence-electron chi connectivity index (χ4n) is 3.13. The lowest BCUT2D eigenvalue weighted by Gasteiger charge is -2.22. The lowest BCUT2D eigenvalue weighted by atomic mass is 10.2. The second-order valence-corrected chi connectivity index (χ2v) is 7.14. The fraction of sp³-hybridized carbons (Fsp3) is 0.389. The van der Waals surface area contributed by atoms with E-state index in [1.54, 1.807) is 0 Å². The van der Waals surface area contributed by atoms with Crippen LogP contribution in [-0.4, -0.2) is 47.4 Å². The van der Waals surface area contributed by atoms with Gasteiger partial charge in [0.2, 0.25) is 0 Å². The summed E-state index contributed by atoms with van der Waals surface area (Å²) in [5.41, 5.74) is 0.0383. The number of anilines is 1. The smallest absolute Gasteiger partial charge is 0.270 e. The number of likely N-dealkylation sites (tertiary alicyclic amines) is 1. The molecule has 0 saturated carbocycles. The normalized spacial score (nSPS) is 17.1. The van der Waals surface area contributed by atoms with Crippen LogP contribution in [-0.2, 0) is 0 Å². The Morgan fingerprint density at radius 2 is 2.00 bits per heavy atom. The number of halogens is 2. The van der Waals surface area contributed by atoms with E-state index in [-0.39, 0.29) is 22.3 Å². The predicted octanol–water partition coefficient (Wildman–Crippen LogP) is 2.89. The van der Waals surface area contributed by atoms with E-state index in [4.69, 9.17) is 0 Å². The van der Waals surface area contributed by atoms with Gasteiger partial charge in [0.25, 0.3) is 11.8 Å². The van der Waals surface area contributed by atoms with Crippen LogP contribution in [0.3, 0.4) is 0 Å². The second-order valence-electron chi connectivity index (χ2n) is 6.28. The molecule has 0 spiro atoms. The largest absolute Gasteiger partial charge is 0.349 e. The van der Waals surface area contributed by atoms with Gasteiger partial charge in [-0.3, -0.25) is 19.8 Å². The first kappa shape index (κ1) is 19.4. The first-order valence-corrected chi connectivity index (χ1v) is 9.59. The zero-order valence-electron chi connectivity index (χ0n) is 14.8. The number of thiazole rings is 1. The Labute approximate surface area is 159 Å². The molecule has 3 rings (SSSR count). The minimum atomic E-state index is -0.840. The summed E-state index contributed by atoms with van der Waals surface area (Å²) in [7, 11) is 0. The van der Waals surface area contributed by atoms with Crippen molar-refractivity contribution >= 4 is 28.3 Å². The molecule has 1 aromatic heterocycles. The van der Waals surface area contributed by atoms with Crippen LogP contribution in [0, 0.1) is 11.6 Å². The van der Waals surface area contributed by atoms with Gasteiger partial charge >= 0.3 is 0 Å². The quantitative estimate of drug-likeness (QED) is 0.790. The Bertz CT molecular complexity index is 822. The SMILES string of the molecule is CCN1CCC[C@H]1CNC(=O)c1csc(NC(=O)c2cc(F)cc(F)c2)n1. The number of nitrogens with zero attached hydrogens (tertiary/aromatic N) is 2. The van der Waals surface area contributed by atoms with Gasteiger partial charge in [0.1, 0.15) is 17.3 Å². The minimum Gasteiger partial charge on any atom is -0.349 e. The number of nitrogens with one attached hydrogen (secondary N) is 2. The molecule has 0 aliphatic carbocycles. The Morgan fingerprint density at radius 1 is 1.26 bits per heavy atom. The van der Waals surface area contributed by atoms with Crippen LogP contribution in [0.5, 0.6) is 0 Å². The van der Waals surface area contributed by atoms with E-state index >= 15 is 0 Å². The monoisotopic (exact) mass is 394 g/mol. The molecule has 0 bridgehead atoms. The summed E-state index contributed by atoms with van der Waals surface area (Å²) >= 11 is 1.07. The molecule has 0 unspecified atom stereocenters. The van der Waals surface area contributed by atoms with Crippen LogP contribution >= 0.6 is 11.3 Å². The molecule has 2 amide bonds. The van der Waals surface area contributed by atoms with E-state index in [0.29, 0.717) is 18.7 Å². The van der Waals surface area contributed by atoms with E-state index in [9.17, 15) is 18.4 Å². The zero-order valence-corrected chi connectivity index (χ0v) is 15.6. The predicted molar refractivity (Wildman–Crippen MR) is 99.0 cm³/mol. The summed E-state index contributed by atoms with van der Waals surface area (Å²) in [6.45, 7) is 4.65. The highest BCUT2D eigenvalue weighted by Crippen LogP contribution is 2.18. The third-order valence-corrected chi connectivity index (χ3v) is 5.24. The van der Waals surface area contributed by atoms with E-state index in [1.807, 2.05) is 0 Å². The average Bonchev–Trinajstić information content (AvgIpc) is 3.27. The standard InChI is InChI=1S/C18H20F2N4O2S/c1-2-24-5-3-4-14(24)9-21-17(26)15-10-27-18(22-15)23-16(25)11-6-12(19)8-13(20)7-11/h6-8,10,14H,2-5,9H2,1H3,(H,21,26)(H,22,23,25)/t14-/m0/s1. The molecule has 2 heterocycles. The van der Waals surface area contributed by atoms with Gasteiger partial charge in [0.15, 0.2) is 5.13 Å². The molecule has 6 nitrogen and oxygen atoms in total. The number of rotatable bonds is 6. The maximum atomic E-state index is 13.2. The molecule has 0 radical (unpaired) electrons. The number of carbonyl (C=O) groups excluding carboxylic acids is 2. The Hall–Kier alpha value is -2.39. The maximum Gasteiger partial charge on any atom is 0.270 e. The van der Waals surface area contributed by atoms with Gasteiger partial charge in [-0.2, -0.15) is 0 Å². The molecule has 1 fully saturated rings. The van der Waals surface area contributed by atoms with Crippen molar-refractivity contribution in [2.75, 3.05) is 25.0 Å².